The number of hydrogen-bond acceptors (Lipinski definition) is 3. The van der Waals surface area contributed by atoms with Crippen molar-refractivity contribution in [3.8, 4) is 0 Å². The van der Waals surface area contributed by atoms with Crippen molar-refractivity contribution in [1.29, 1.82) is 0 Å². The summed E-state index contributed by atoms with van der Waals surface area (Å²) in [5.41, 5.74) is -1.52. The summed E-state index contributed by atoms with van der Waals surface area (Å²) in [5.74, 6) is -2.36. The van der Waals surface area contributed by atoms with Crippen molar-refractivity contribution in [3.05, 3.63) is 26.8 Å². The van der Waals surface area contributed by atoms with Crippen LogP contribution in [0.2, 0.25) is 0 Å². The van der Waals surface area contributed by atoms with Crippen LogP contribution in [-0.2, 0) is 4.74 Å². The third kappa shape index (κ3) is 2.58. The van der Waals surface area contributed by atoms with Crippen molar-refractivity contribution in [3.63, 3.8) is 0 Å². The van der Waals surface area contributed by atoms with Crippen molar-refractivity contribution in [2.45, 2.75) is 6.43 Å². The normalized spacial score (nSPS) is 10.5. The topological polar surface area (TPSA) is 39.2 Å². The summed E-state index contributed by atoms with van der Waals surface area (Å²) in [6.45, 7) is 0. The fourth-order valence-electron chi connectivity index (χ4n) is 0.981. The summed E-state index contributed by atoms with van der Waals surface area (Å²) in [5, 5.41) is 0. The Kier molecular flexibility index (Phi) is 3.89. The number of halogens is 4. The summed E-state index contributed by atoms with van der Waals surface area (Å²) < 4.78 is 42.3. The van der Waals surface area contributed by atoms with Crippen LogP contribution in [0.5, 0.6) is 0 Å². The largest absolute Gasteiger partial charge is 0.465 e. The van der Waals surface area contributed by atoms with E-state index < -0.39 is 29.5 Å². The molecule has 1 aromatic rings. The van der Waals surface area contributed by atoms with Gasteiger partial charge in [-0.2, -0.15) is 4.39 Å². The molecule has 0 N–H and O–H groups in total. The van der Waals surface area contributed by atoms with Crippen LogP contribution in [0.25, 0.3) is 0 Å². The van der Waals surface area contributed by atoms with Gasteiger partial charge in [0.25, 0.3) is 6.43 Å². The Bertz CT molecular complexity index is 398. The lowest BCUT2D eigenvalue weighted by atomic mass is 10.1. The number of nitrogens with zero attached hydrogens (tertiary/aromatic N) is 1. The lowest BCUT2D eigenvalue weighted by Crippen LogP contribution is -2.10. The number of carbonyl (C=O) groups excluding carboxylic acids is 1. The first-order valence-corrected chi connectivity index (χ1v) is 4.77. The second-order valence-corrected chi connectivity index (χ2v) is 3.59. The Hall–Kier alpha value is -0.860. The lowest BCUT2D eigenvalue weighted by Gasteiger charge is -2.07. The maximum Gasteiger partial charge on any atom is 0.338 e. The molecule has 1 aromatic heterocycles. The zero-order valence-electron chi connectivity index (χ0n) is 7.43. The van der Waals surface area contributed by atoms with Gasteiger partial charge in [-0.05, 0) is 28.7 Å². The average molecular weight is 331 g/mol. The maximum atomic E-state index is 13.1. The number of rotatable bonds is 2. The van der Waals surface area contributed by atoms with Gasteiger partial charge in [0.05, 0.1) is 18.2 Å². The molecule has 0 saturated carbocycles. The molecule has 0 aromatic carbocycles. The lowest BCUT2D eigenvalue weighted by molar-refractivity contribution is 0.0586. The molecule has 82 valence electrons. The number of pyridine rings is 1. The predicted molar refractivity (Wildman–Crippen MR) is 53.2 cm³/mol. The second-order valence-electron chi connectivity index (χ2n) is 2.49. The quantitative estimate of drug-likeness (QED) is 0.475. The fraction of sp³-hybridized carbons (Fsp3) is 0.250. The molecule has 0 radical (unpaired) electrons. The second kappa shape index (κ2) is 4.77. The Labute approximate surface area is 96.8 Å². The SMILES string of the molecule is COC(=O)c1cc(I)nc(F)c1C(F)F. The van der Waals surface area contributed by atoms with E-state index in [1.165, 1.54) is 0 Å². The zero-order chi connectivity index (χ0) is 11.6. The van der Waals surface area contributed by atoms with Crippen molar-refractivity contribution in [1.82, 2.24) is 4.98 Å². The molecular weight excluding hydrogens is 326 g/mol. The van der Waals surface area contributed by atoms with Gasteiger partial charge >= 0.3 is 5.97 Å². The molecule has 0 spiro atoms. The van der Waals surface area contributed by atoms with Gasteiger partial charge in [-0.15, -0.1) is 0 Å². The molecule has 0 saturated heterocycles. The minimum absolute atomic E-state index is 0.106. The van der Waals surface area contributed by atoms with Crippen molar-refractivity contribution in [2.24, 2.45) is 0 Å². The highest BCUT2D eigenvalue weighted by Crippen LogP contribution is 2.26. The number of ether oxygens (including phenoxy) is 1. The molecule has 0 unspecified atom stereocenters. The summed E-state index contributed by atoms with van der Waals surface area (Å²) in [6, 6.07) is 1.05. The van der Waals surface area contributed by atoms with Gasteiger partial charge in [0.15, 0.2) is 0 Å². The van der Waals surface area contributed by atoms with Crippen LogP contribution in [0.4, 0.5) is 13.2 Å². The van der Waals surface area contributed by atoms with Crippen molar-refractivity contribution in [2.75, 3.05) is 7.11 Å². The summed E-state index contributed by atoms with van der Waals surface area (Å²) in [6.07, 6.45) is -3.11. The van der Waals surface area contributed by atoms with Gasteiger partial charge in [0.1, 0.15) is 3.70 Å². The monoisotopic (exact) mass is 331 g/mol. The van der Waals surface area contributed by atoms with E-state index >= 15 is 0 Å². The van der Waals surface area contributed by atoms with E-state index in [1.807, 2.05) is 0 Å². The molecule has 3 nitrogen and oxygen atoms in total. The first kappa shape index (κ1) is 12.2. The molecule has 0 aliphatic heterocycles. The van der Waals surface area contributed by atoms with Crippen molar-refractivity contribution >= 4 is 28.6 Å². The van der Waals surface area contributed by atoms with E-state index in [0.717, 1.165) is 13.2 Å². The Morgan fingerprint density at radius 2 is 2.20 bits per heavy atom. The first-order chi connectivity index (χ1) is 6.97. The molecule has 7 heteroatoms. The van der Waals surface area contributed by atoms with Crippen LogP contribution in [0.1, 0.15) is 22.3 Å². The van der Waals surface area contributed by atoms with Gasteiger partial charge in [0, 0.05) is 0 Å². The molecule has 0 bridgehead atoms. The number of methoxy groups -OCH3 is 1. The van der Waals surface area contributed by atoms with Crippen LogP contribution < -0.4 is 0 Å². The van der Waals surface area contributed by atoms with Gasteiger partial charge in [-0.25, -0.2) is 18.6 Å². The van der Waals surface area contributed by atoms with Crippen LogP contribution in [0.3, 0.4) is 0 Å². The molecule has 0 aliphatic rings. The van der Waals surface area contributed by atoms with Crippen LogP contribution in [0, 0.1) is 9.65 Å². The molecule has 0 aliphatic carbocycles. The Balaban J connectivity index is 3.40. The third-order valence-corrected chi connectivity index (χ3v) is 2.16. The summed E-state index contributed by atoms with van der Waals surface area (Å²) in [4.78, 5) is 14.3. The number of carbonyl (C=O) groups is 1. The number of esters is 1. The van der Waals surface area contributed by atoms with Crippen LogP contribution in [0.15, 0.2) is 6.07 Å². The van der Waals surface area contributed by atoms with E-state index in [9.17, 15) is 18.0 Å². The van der Waals surface area contributed by atoms with Gasteiger partial charge in [0.2, 0.25) is 5.95 Å². The number of aromatic nitrogens is 1. The zero-order valence-corrected chi connectivity index (χ0v) is 9.59. The number of hydrogen-bond donors (Lipinski definition) is 0. The van der Waals surface area contributed by atoms with Gasteiger partial charge in [-0.1, -0.05) is 0 Å². The predicted octanol–water partition coefficient (Wildman–Crippen LogP) is 2.55. The molecule has 1 heterocycles. The van der Waals surface area contributed by atoms with E-state index in [-0.39, 0.29) is 3.70 Å². The molecule has 0 atom stereocenters. The van der Waals surface area contributed by atoms with Crippen LogP contribution >= 0.6 is 22.6 Å². The van der Waals surface area contributed by atoms with E-state index in [0.29, 0.717) is 0 Å². The Morgan fingerprint density at radius 3 is 2.67 bits per heavy atom. The standard InChI is InChI=1S/C8H5F3INO2/c1-15-8(14)3-2-4(12)13-7(11)5(3)6(9)10/h2,6H,1H3. The van der Waals surface area contributed by atoms with Crippen LogP contribution in [-0.4, -0.2) is 18.1 Å². The minimum atomic E-state index is -3.11. The number of alkyl halides is 2. The Morgan fingerprint density at radius 1 is 1.60 bits per heavy atom. The molecule has 0 amide bonds. The summed E-state index contributed by atoms with van der Waals surface area (Å²) >= 11 is 1.62. The van der Waals surface area contributed by atoms with Crippen molar-refractivity contribution < 1.29 is 22.7 Å². The molecule has 0 fully saturated rings. The fourth-order valence-corrected chi connectivity index (χ4v) is 1.50. The molecular formula is C8H5F3INO2. The van der Waals surface area contributed by atoms with Gasteiger partial charge in [-0.3, -0.25) is 0 Å². The highest BCUT2D eigenvalue weighted by atomic mass is 127. The van der Waals surface area contributed by atoms with E-state index in [1.54, 1.807) is 22.6 Å². The average Bonchev–Trinajstić information content (AvgIpc) is 2.14. The summed E-state index contributed by atoms with van der Waals surface area (Å²) in [7, 11) is 1.03. The third-order valence-electron chi connectivity index (χ3n) is 1.60. The highest BCUT2D eigenvalue weighted by molar-refractivity contribution is 14.1. The highest BCUT2D eigenvalue weighted by Gasteiger charge is 2.25. The molecule has 15 heavy (non-hydrogen) atoms. The first-order valence-electron chi connectivity index (χ1n) is 3.69. The van der Waals surface area contributed by atoms with E-state index in [4.69, 9.17) is 0 Å². The van der Waals surface area contributed by atoms with E-state index in [2.05, 4.69) is 9.72 Å². The smallest absolute Gasteiger partial charge is 0.338 e. The molecule has 1 rings (SSSR count). The minimum Gasteiger partial charge on any atom is -0.465 e. The van der Waals surface area contributed by atoms with Gasteiger partial charge < -0.3 is 4.74 Å². The maximum absolute atomic E-state index is 13.1.